The molecule has 0 saturated heterocycles. The summed E-state index contributed by atoms with van der Waals surface area (Å²) >= 11 is 0. The summed E-state index contributed by atoms with van der Waals surface area (Å²) in [7, 11) is 3.33. The van der Waals surface area contributed by atoms with Gasteiger partial charge in [0.2, 0.25) is 0 Å². The van der Waals surface area contributed by atoms with Crippen LogP contribution in [0.4, 0.5) is 0 Å². The Balaban J connectivity index is 1.24. The van der Waals surface area contributed by atoms with Crippen LogP contribution in [0.2, 0.25) is 0 Å². The van der Waals surface area contributed by atoms with E-state index < -0.39 is 6.10 Å². The zero-order valence-corrected chi connectivity index (χ0v) is 22.4. The van der Waals surface area contributed by atoms with E-state index in [0.717, 1.165) is 29.2 Å². The lowest BCUT2D eigenvalue weighted by Gasteiger charge is -2.56. The van der Waals surface area contributed by atoms with Gasteiger partial charge in [-0.1, -0.05) is 50.3 Å². The van der Waals surface area contributed by atoms with Crippen LogP contribution in [-0.2, 0) is 4.74 Å². The second kappa shape index (κ2) is 10.9. The predicted octanol–water partition coefficient (Wildman–Crippen LogP) is 5.28. The quantitative estimate of drug-likeness (QED) is 0.293. The van der Waals surface area contributed by atoms with Gasteiger partial charge >= 0.3 is 0 Å². The molecule has 1 heterocycles. The van der Waals surface area contributed by atoms with Gasteiger partial charge in [0.1, 0.15) is 0 Å². The Hall–Kier alpha value is -2.80. The SMILES string of the molecule is COc1cccc([C@H](CNC[C@@H](O)COCC2=CC[C@H]3C[C@@H]2C3(C)C)c2c[nH]c3ccccc23)c1OC. The molecular weight excluding hydrogens is 464 g/mol. The molecule has 0 unspecified atom stereocenters. The minimum Gasteiger partial charge on any atom is -0.493 e. The third-order valence-corrected chi connectivity index (χ3v) is 8.70. The van der Waals surface area contributed by atoms with Crippen LogP contribution in [0.3, 0.4) is 0 Å². The number of aromatic amines is 1. The topological polar surface area (TPSA) is 75.7 Å². The molecule has 2 aromatic carbocycles. The largest absolute Gasteiger partial charge is 0.493 e. The van der Waals surface area contributed by atoms with Crippen LogP contribution >= 0.6 is 0 Å². The van der Waals surface area contributed by atoms with Gasteiger partial charge in [0, 0.05) is 41.7 Å². The van der Waals surface area contributed by atoms with Crippen LogP contribution in [0.25, 0.3) is 10.9 Å². The molecule has 0 aliphatic heterocycles. The molecule has 3 aliphatic rings. The highest BCUT2D eigenvalue weighted by atomic mass is 16.5. The van der Waals surface area contributed by atoms with E-state index in [2.05, 4.69) is 60.7 Å². The van der Waals surface area contributed by atoms with Crippen LogP contribution in [-0.4, -0.2) is 56.7 Å². The highest BCUT2D eigenvalue weighted by molar-refractivity contribution is 5.84. The first-order valence-corrected chi connectivity index (χ1v) is 13.4. The summed E-state index contributed by atoms with van der Waals surface area (Å²) in [4.78, 5) is 3.40. The Morgan fingerprint density at radius 1 is 1.05 bits per heavy atom. The van der Waals surface area contributed by atoms with Gasteiger partial charge in [-0.3, -0.25) is 0 Å². The fourth-order valence-electron chi connectivity index (χ4n) is 6.36. The van der Waals surface area contributed by atoms with Crippen molar-refractivity contribution in [2.75, 3.05) is 40.5 Å². The summed E-state index contributed by atoms with van der Waals surface area (Å²) in [5.74, 6) is 2.89. The highest BCUT2D eigenvalue weighted by Crippen LogP contribution is 2.59. The number of H-pyrrole nitrogens is 1. The monoisotopic (exact) mass is 504 g/mol. The summed E-state index contributed by atoms with van der Waals surface area (Å²) in [5, 5.41) is 15.3. The van der Waals surface area contributed by atoms with Crippen molar-refractivity contribution < 1.29 is 19.3 Å². The van der Waals surface area contributed by atoms with Gasteiger partial charge in [0.15, 0.2) is 11.5 Å². The Kier molecular flexibility index (Phi) is 7.61. The Labute approximate surface area is 220 Å². The van der Waals surface area contributed by atoms with Crippen molar-refractivity contribution in [1.82, 2.24) is 10.3 Å². The molecule has 3 aliphatic carbocycles. The number of ether oxygens (including phenoxy) is 3. The van der Waals surface area contributed by atoms with Gasteiger partial charge in [-0.2, -0.15) is 0 Å². The number of benzene rings is 2. The summed E-state index contributed by atoms with van der Waals surface area (Å²) in [6.45, 7) is 6.77. The minimum atomic E-state index is -0.581. The number of rotatable bonds is 12. The zero-order chi connectivity index (χ0) is 26.0. The average Bonchev–Trinajstić information content (AvgIpc) is 3.34. The molecule has 37 heavy (non-hydrogen) atoms. The summed E-state index contributed by atoms with van der Waals surface area (Å²) < 4.78 is 17.3. The van der Waals surface area contributed by atoms with Crippen molar-refractivity contribution in [2.45, 2.75) is 38.7 Å². The third kappa shape index (κ3) is 5.02. The van der Waals surface area contributed by atoms with E-state index in [4.69, 9.17) is 14.2 Å². The minimum absolute atomic E-state index is 0.00416. The van der Waals surface area contributed by atoms with E-state index in [1.807, 2.05) is 18.2 Å². The van der Waals surface area contributed by atoms with Crippen LogP contribution < -0.4 is 14.8 Å². The maximum absolute atomic E-state index is 10.7. The third-order valence-electron chi connectivity index (χ3n) is 8.70. The molecular formula is C31H40N2O4. The van der Waals surface area contributed by atoms with E-state index in [1.165, 1.54) is 22.9 Å². The molecule has 3 N–H and O–H groups in total. The van der Waals surface area contributed by atoms with E-state index >= 15 is 0 Å². The van der Waals surface area contributed by atoms with E-state index in [-0.39, 0.29) is 5.92 Å². The van der Waals surface area contributed by atoms with Crippen LogP contribution in [0.5, 0.6) is 11.5 Å². The summed E-state index contributed by atoms with van der Waals surface area (Å²) in [6, 6.07) is 14.3. The smallest absolute Gasteiger partial charge is 0.164 e. The number of hydrogen-bond donors (Lipinski definition) is 3. The summed E-state index contributed by atoms with van der Waals surface area (Å²) in [6.07, 6.45) is 6.30. The van der Waals surface area contributed by atoms with Crippen molar-refractivity contribution >= 4 is 10.9 Å². The number of allylic oxidation sites excluding steroid dienone is 1. The number of aromatic nitrogens is 1. The molecule has 0 spiro atoms. The van der Waals surface area contributed by atoms with Crippen LogP contribution in [0.1, 0.15) is 43.7 Å². The first-order valence-electron chi connectivity index (χ1n) is 13.4. The van der Waals surface area contributed by atoms with Crippen molar-refractivity contribution in [3.63, 3.8) is 0 Å². The van der Waals surface area contributed by atoms with E-state index in [1.54, 1.807) is 14.2 Å². The first kappa shape index (κ1) is 25.8. The lowest BCUT2D eigenvalue weighted by molar-refractivity contribution is -0.0235. The molecule has 3 aromatic rings. The fourth-order valence-corrected chi connectivity index (χ4v) is 6.36. The number of fused-ring (bicyclic) bond motifs is 2. The van der Waals surface area contributed by atoms with Gasteiger partial charge in [-0.15, -0.1) is 0 Å². The van der Waals surface area contributed by atoms with Crippen molar-refractivity contribution in [3.05, 3.63) is 71.4 Å². The van der Waals surface area contributed by atoms with Crippen LogP contribution in [0, 0.1) is 17.3 Å². The lowest BCUT2D eigenvalue weighted by Crippen LogP contribution is -2.48. The maximum atomic E-state index is 10.7. The molecule has 1 saturated carbocycles. The number of para-hydroxylation sites is 2. The normalized spacial score (nSPS) is 21.7. The maximum Gasteiger partial charge on any atom is 0.164 e. The molecule has 198 valence electrons. The number of aliphatic hydroxyl groups is 1. The van der Waals surface area contributed by atoms with Crippen molar-refractivity contribution in [2.24, 2.45) is 17.3 Å². The number of nitrogens with one attached hydrogen (secondary N) is 2. The molecule has 0 radical (unpaired) electrons. The Morgan fingerprint density at radius 3 is 2.65 bits per heavy atom. The molecule has 6 nitrogen and oxygen atoms in total. The molecule has 1 aromatic heterocycles. The first-order chi connectivity index (χ1) is 17.9. The summed E-state index contributed by atoms with van der Waals surface area (Å²) in [5.41, 5.74) is 5.11. The van der Waals surface area contributed by atoms with Gasteiger partial charge in [-0.05, 0) is 53.4 Å². The van der Waals surface area contributed by atoms with Gasteiger partial charge in [0.25, 0.3) is 0 Å². The van der Waals surface area contributed by atoms with E-state index in [0.29, 0.717) is 43.4 Å². The zero-order valence-electron chi connectivity index (χ0n) is 22.4. The Morgan fingerprint density at radius 2 is 1.89 bits per heavy atom. The fraction of sp³-hybridized carbons (Fsp3) is 0.484. The van der Waals surface area contributed by atoms with Gasteiger partial charge < -0.3 is 29.6 Å². The van der Waals surface area contributed by atoms with Crippen LogP contribution in [0.15, 0.2) is 60.3 Å². The molecule has 1 fully saturated rings. The second-order valence-corrected chi connectivity index (χ2v) is 11.1. The average molecular weight is 505 g/mol. The molecule has 4 atom stereocenters. The number of methoxy groups -OCH3 is 2. The second-order valence-electron chi connectivity index (χ2n) is 11.1. The van der Waals surface area contributed by atoms with Crippen molar-refractivity contribution in [3.8, 4) is 11.5 Å². The highest BCUT2D eigenvalue weighted by Gasteiger charge is 2.50. The molecule has 2 bridgehead atoms. The standard InChI is InChI=1S/C31H40N2O4/c1-31(2)21-13-12-20(27(31)14-21)18-37-19-22(34)15-32-16-25(24-9-7-11-29(35-3)30(24)36-4)26-17-33-28-10-6-5-8-23(26)28/h5-12,17,21-22,25,27,32-34H,13-16,18-19H2,1-4H3/t21-,22+,25-,27-/m0/s1. The van der Waals surface area contributed by atoms with Gasteiger partial charge in [0.05, 0.1) is 33.5 Å². The molecule has 0 amide bonds. The van der Waals surface area contributed by atoms with Crippen molar-refractivity contribution in [1.29, 1.82) is 0 Å². The Bertz CT molecular complexity index is 1250. The molecule has 6 heteroatoms. The number of hydrogen-bond acceptors (Lipinski definition) is 5. The predicted molar refractivity (Wildman–Crippen MR) is 147 cm³/mol. The number of aliphatic hydroxyl groups excluding tert-OH is 1. The lowest BCUT2D eigenvalue weighted by atomic mass is 9.49. The van der Waals surface area contributed by atoms with E-state index in [9.17, 15) is 5.11 Å². The van der Waals surface area contributed by atoms with Gasteiger partial charge in [-0.25, -0.2) is 0 Å². The molecule has 6 rings (SSSR count).